The Bertz CT molecular complexity index is 1080. The van der Waals surface area contributed by atoms with E-state index in [4.69, 9.17) is 11.6 Å². The summed E-state index contributed by atoms with van der Waals surface area (Å²) >= 11 is 10.4. The van der Waals surface area contributed by atoms with Crippen LogP contribution in [-0.2, 0) is 6.54 Å². The van der Waals surface area contributed by atoms with E-state index in [-0.39, 0.29) is 5.75 Å². The van der Waals surface area contributed by atoms with E-state index in [9.17, 15) is 5.11 Å². The number of halogens is 1. The van der Waals surface area contributed by atoms with E-state index in [1.54, 1.807) is 6.07 Å². The number of hydrogen-bond acceptors (Lipinski definition) is 2. The normalized spacial score (nSPS) is 11.2. The van der Waals surface area contributed by atoms with Gasteiger partial charge in [0.25, 0.3) is 0 Å². The molecule has 1 aromatic heterocycles. The number of aromatic hydroxyl groups is 1. The zero-order chi connectivity index (χ0) is 18.3. The van der Waals surface area contributed by atoms with Crippen LogP contribution in [0, 0.1) is 6.92 Å². The van der Waals surface area contributed by atoms with Crippen molar-refractivity contribution in [1.29, 1.82) is 0 Å². The number of thiol groups is 1. The third kappa shape index (κ3) is 3.09. The highest BCUT2D eigenvalue weighted by Gasteiger charge is 2.16. The third-order valence-electron chi connectivity index (χ3n) is 4.69. The third-order valence-corrected chi connectivity index (χ3v) is 5.24. The Morgan fingerprint density at radius 2 is 1.65 bits per heavy atom. The van der Waals surface area contributed by atoms with Crippen LogP contribution >= 0.6 is 24.2 Å². The van der Waals surface area contributed by atoms with Gasteiger partial charge in [-0.2, -0.15) is 0 Å². The summed E-state index contributed by atoms with van der Waals surface area (Å²) in [5, 5.41) is 11.7. The van der Waals surface area contributed by atoms with Gasteiger partial charge in [0, 0.05) is 27.4 Å². The Labute approximate surface area is 163 Å². The van der Waals surface area contributed by atoms with E-state index in [1.807, 2.05) is 48.5 Å². The summed E-state index contributed by atoms with van der Waals surface area (Å²) in [5.74, 6) is 0.278. The molecule has 0 spiro atoms. The minimum Gasteiger partial charge on any atom is -0.508 e. The van der Waals surface area contributed by atoms with Gasteiger partial charge >= 0.3 is 0 Å². The fraction of sp³-hybridized carbons (Fsp3) is 0.0909. The quantitative estimate of drug-likeness (QED) is 0.400. The summed E-state index contributed by atoms with van der Waals surface area (Å²) < 4.78 is 2.29. The van der Waals surface area contributed by atoms with Gasteiger partial charge in [-0.15, -0.1) is 12.6 Å². The maximum atomic E-state index is 9.95. The Balaban J connectivity index is 1.94. The average Bonchev–Trinajstić information content (AvgIpc) is 2.89. The highest BCUT2D eigenvalue weighted by molar-refractivity contribution is 7.80. The molecule has 130 valence electrons. The van der Waals surface area contributed by atoms with Crippen molar-refractivity contribution in [2.24, 2.45) is 0 Å². The molecule has 0 bridgehead atoms. The van der Waals surface area contributed by atoms with Crippen molar-refractivity contribution in [1.82, 2.24) is 4.57 Å². The minimum absolute atomic E-state index is 0.278. The molecule has 1 heterocycles. The predicted octanol–water partition coefficient (Wildman–Crippen LogP) is 6.31. The summed E-state index contributed by atoms with van der Waals surface area (Å²) in [6, 6.07) is 21.6. The molecule has 0 radical (unpaired) electrons. The number of nitrogens with zero attached hydrogens (tertiary/aromatic N) is 1. The lowest BCUT2D eigenvalue weighted by Crippen LogP contribution is -2.02. The van der Waals surface area contributed by atoms with Crippen molar-refractivity contribution >= 4 is 35.1 Å². The molecule has 0 atom stereocenters. The molecule has 4 aromatic rings. The lowest BCUT2D eigenvalue weighted by Gasteiger charge is -2.13. The number of phenols is 1. The summed E-state index contributed by atoms with van der Waals surface area (Å²) in [4.78, 5) is 0.949. The Kier molecular flexibility index (Phi) is 4.43. The van der Waals surface area contributed by atoms with E-state index >= 15 is 0 Å². The molecule has 4 heteroatoms. The minimum atomic E-state index is 0.278. The Morgan fingerprint density at radius 3 is 2.35 bits per heavy atom. The van der Waals surface area contributed by atoms with Crippen LogP contribution in [0.3, 0.4) is 0 Å². The number of aryl methyl sites for hydroxylation is 1. The number of phenolic OH excluding ortho intramolecular Hbond substituents is 1. The van der Waals surface area contributed by atoms with Crippen molar-refractivity contribution in [3.8, 4) is 17.0 Å². The highest BCUT2D eigenvalue weighted by atomic mass is 35.5. The van der Waals surface area contributed by atoms with E-state index in [1.165, 1.54) is 5.56 Å². The number of aromatic nitrogens is 1. The van der Waals surface area contributed by atoms with Gasteiger partial charge in [-0.05, 0) is 66.1 Å². The number of rotatable bonds is 3. The predicted molar refractivity (Wildman–Crippen MR) is 112 cm³/mol. The first-order valence-corrected chi connectivity index (χ1v) is 9.21. The highest BCUT2D eigenvalue weighted by Crippen LogP contribution is 2.36. The van der Waals surface area contributed by atoms with Gasteiger partial charge in [0.05, 0.1) is 5.69 Å². The van der Waals surface area contributed by atoms with Gasteiger partial charge in [0.15, 0.2) is 0 Å². The topological polar surface area (TPSA) is 25.2 Å². The van der Waals surface area contributed by atoms with Crippen molar-refractivity contribution in [2.75, 3.05) is 0 Å². The Morgan fingerprint density at radius 1 is 0.962 bits per heavy atom. The van der Waals surface area contributed by atoms with Crippen molar-refractivity contribution < 1.29 is 5.11 Å². The molecule has 0 aliphatic rings. The average molecular weight is 380 g/mol. The first-order valence-electron chi connectivity index (χ1n) is 8.38. The molecular formula is C22H18ClNOS. The first-order chi connectivity index (χ1) is 12.5. The van der Waals surface area contributed by atoms with Crippen LogP contribution in [-0.4, -0.2) is 9.67 Å². The molecule has 2 nitrogen and oxygen atoms in total. The zero-order valence-electron chi connectivity index (χ0n) is 14.3. The fourth-order valence-electron chi connectivity index (χ4n) is 3.44. The second-order valence-electron chi connectivity index (χ2n) is 6.43. The Hall–Kier alpha value is -2.36. The SMILES string of the molecule is Cc1c(-c2ccc(Cl)cc2)n(Cc2ccc(S)cc2)c2ccc(O)cc12. The largest absolute Gasteiger partial charge is 0.508 e. The molecule has 0 saturated carbocycles. The van der Waals surface area contributed by atoms with Crippen LogP contribution in [0.25, 0.3) is 22.2 Å². The standard InChI is InChI=1S/C22H18ClNOS/c1-14-20-12-18(25)8-11-21(20)24(13-15-2-9-19(26)10-3-15)22(14)16-4-6-17(23)7-5-16/h2-12,25-26H,13H2,1H3. The first kappa shape index (κ1) is 17.1. The molecule has 26 heavy (non-hydrogen) atoms. The summed E-state index contributed by atoms with van der Waals surface area (Å²) in [7, 11) is 0. The van der Waals surface area contributed by atoms with Gasteiger partial charge in [0.1, 0.15) is 5.75 Å². The molecule has 0 aliphatic heterocycles. The number of benzene rings is 3. The monoisotopic (exact) mass is 379 g/mol. The molecule has 0 aliphatic carbocycles. The van der Waals surface area contributed by atoms with Gasteiger partial charge in [-0.1, -0.05) is 35.9 Å². The molecule has 0 unspecified atom stereocenters. The van der Waals surface area contributed by atoms with Crippen LogP contribution in [0.4, 0.5) is 0 Å². The van der Waals surface area contributed by atoms with Gasteiger partial charge in [-0.3, -0.25) is 0 Å². The van der Waals surface area contributed by atoms with E-state index in [2.05, 4.69) is 36.3 Å². The second kappa shape index (κ2) is 6.75. The summed E-state index contributed by atoms with van der Waals surface area (Å²) in [6.45, 7) is 2.83. The van der Waals surface area contributed by atoms with Crippen molar-refractivity contribution in [3.63, 3.8) is 0 Å². The molecule has 0 fully saturated rings. The molecule has 4 rings (SSSR count). The van der Waals surface area contributed by atoms with Crippen LogP contribution < -0.4 is 0 Å². The molecule has 0 amide bonds. The smallest absolute Gasteiger partial charge is 0.116 e. The van der Waals surface area contributed by atoms with Crippen molar-refractivity contribution in [3.05, 3.63) is 82.9 Å². The van der Waals surface area contributed by atoms with E-state index in [0.717, 1.165) is 44.2 Å². The van der Waals surface area contributed by atoms with Crippen LogP contribution in [0.15, 0.2) is 71.6 Å². The molecule has 0 saturated heterocycles. The van der Waals surface area contributed by atoms with Crippen LogP contribution in [0.5, 0.6) is 5.75 Å². The molecular weight excluding hydrogens is 362 g/mol. The summed E-state index contributed by atoms with van der Waals surface area (Å²) in [5.41, 5.74) is 5.68. The maximum absolute atomic E-state index is 9.95. The number of fused-ring (bicyclic) bond motifs is 1. The maximum Gasteiger partial charge on any atom is 0.116 e. The van der Waals surface area contributed by atoms with Crippen molar-refractivity contribution in [2.45, 2.75) is 18.4 Å². The zero-order valence-corrected chi connectivity index (χ0v) is 15.9. The second-order valence-corrected chi connectivity index (χ2v) is 7.39. The lowest BCUT2D eigenvalue weighted by molar-refractivity contribution is 0.476. The van der Waals surface area contributed by atoms with Gasteiger partial charge < -0.3 is 9.67 Å². The number of hydrogen-bond donors (Lipinski definition) is 2. The van der Waals surface area contributed by atoms with E-state index in [0.29, 0.717) is 0 Å². The lowest BCUT2D eigenvalue weighted by atomic mass is 10.1. The van der Waals surface area contributed by atoms with Gasteiger partial charge in [0.2, 0.25) is 0 Å². The summed E-state index contributed by atoms with van der Waals surface area (Å²) in [6.07, 6.45) is 0. The molecule has 1 N–H and O–H groups in total. The molecule has 3 aromatic carbocycles. The van der Waals surface area contributed by atoms with Gasteiger partial charge in [-0.25, -0.2) is 0 Å². The fourth-order valence-corrected chi connectivity index (χ4v) is 3.71. The van der Waals surface area contributed by atoms with Crippen LogP contribution in [0.1, 0.15) is 11.1 Å². The van der Waals surface area contributed by atoms with E-state index < -0.39 is 0 Å². The van der Waals surface area contributed by atoms with Crippen LogP contribution in [0.2, 0.25) is 5.02 Å².